The Morgan fingerprint density at radius 2 is 1.59 bits per heavy atom. The number of hydrogen-bond donors (Lipinski definition) is 3. The Kier molecular flexibility index (Phi) is 13.9. The summed E-state index contributed by atoms with van der Waals surface area (Å²) in [6, 6.07) is 7.39. The Morgan fingerprint density at radius 3 is 2.33 bits per heavy atom. The van der Waals surface area contributed by atoms with Crippen molar-refractivity contribution in [2.75, 3.05) is 19.6 Å². The number of unbranched alkanes of at least 4 members (excludes halogenated alkanes) is 9. The smallest absolute Gasteiger partial charge is 0.242 e. The van der Waals surface area contributed by atoms with Crippen molar-refractivity contribution in [3.8, 4) is 0 Å². The predicted molar refractivity (Wildman–Crippen MR) is 156 cm³/mol. The fraction of sp³-hybridized carbons (Fsp3) is 0.677. The van der Waals surface area contributed by atoms with Gasteiger partial charge in [0.15, 0.2) is 0 Å². The van der Waals surface area contributed by atoms with Crippen LogP contribution in [0.3, 0.4) is 0 Å². The van der Waals surface area contributed by atoms with Gasteiger partial charge in [0.05, 0.1) is 11.0 Å². The van der Waals surface area contributed by atoms with E-state index in [1.807, 2.05) is 24.3 Å². The molecular formula is C31H49N5O3. The number of fused-ring (bicyclic) bond motifs is 1. The molecule has 1 atom stereocenters. The lowest BCUT2D eigenvalue weighted by atomic mass is 10.1. The zero-order valence-corrected chi connectivity index (χ0v) is 23.9. The van der Waals surface area contributed by atoms with Crippen LogP contribution in [0.15, 0.2) is 24.3 Å². The van der Waals surface area contributed by atoms with Gasteiger partial charge in [-0.1, -0.05) is 76.8 Å². The van der Waals surface area contributed by atoms with Gasteiger partial charge in [-0.3, -0.25) is 14.4 Å². The third-order valence-electron chi connectivity index (χ3n) is 7.62. The van der Waals surface area contributed by atoms with Crippen molar-refractivity contribution in [3.05, 3.63) is 30.1 Å². The van der Waals surface area contributed by atoms with Crippen LogP contribution < -0.4 is 10.6 Å². The summed E-state index contributed by atoms with van der Waals surface area (Å²) in [5, 5.41) is 5.93. The average Bonchev–Trinajstić information content (AvgIpc) is 3.60. The molecular weight excluding hydrogens is 490 g/mol. The van der Waals surface area contributed by atoms with E-state index in [9.17, 15) is 14.4 Å². The monoisotopic (exact) mass is 539 g/mol. The van der Waals surface area contributed by atoms with Gasteiger partial charge in [-0.05, 0) is 37.8 Å². The molecule has 0 aliphatic carbocycles. The number of carbonyl (C=O) groups excluding carboxylic acids is 3. The molecule has 3 rings (SSSR count). The number of aromatic nitrogens is 2. The zero-order chi connectivity index (χ0) is 27.7. The quantitative estimate of drug-likeness (QED) is 0.207. The highest BCUT2D eigenvalue weighted by Gasteiger charge is 2.33. The third-order valence-corrected chi connectivity index (χ3v) is 7.62. The van der Waals surface area contributed by atoms with E-state index in [1.54, 1.807) is 4.90 Å². The fourth-order valence-corrected chi connectivity index (χ4v) is 5.34. The van der Waals surface area contributed by atoms with Crippen LogP contribution in [0, 0.1) is 0 Å². The van der Waals surface area contributed by atoms with Crippen molar-refractivity contribution in [3.63, 3.8) is 0 Å². The molecule has 39 heavy (non-hydrogen) atoms. The SMILES string of the molecule is CCCCCCCCCCCCNC(=O)CCCNC(=O)[C@@H]1CCCN1C(=O)CCc1nc2ccccc2[nH]1. The molecule has 2 heterocycles. The number of nitrogens with one attached hydrogen (secondary N) is 3. The molecule has 216 valence electrons. The van der Waals surface area contributed by atoms with E-state index < -0.39 is 6.04 Å². The minimum Gasteiger partial charge on any atom is -0.356 e. The van der Waals surface area contributed by atoms with Crippen LogP contribution in [-0.2, 0) is 20.8 Å². The number of aryl methyl sites for hydroxylation is 1. The molecule has 1 saturated heterocycles. The van der Waals surface area contributed by atoms with Crippen LogP contribution in [-0.4, -0.2) is 58.3 Å². The Labute approximate surface area is 234 Å². The number of amides is 3. The second kappa shape index (κ2) is 17.6. The van der Waals surface area contributed by atoms with Crippen molar-refractivity contribution < 1.29 is 14.4 Å². The van der Waals surface area contributed by atoms with Gasteiger partial charge in [-0.25, -0.2) is 4.98 Å². The van der Waals surface area contributed by atoms with Crippen LogP contribution in [0.5, 0.6) is 0 Å². The second-order valence-electron chi connectivity index (χ2n) is 10.9. The molecule has 1 aliphatic heterocycles. The van der Waals surface area contributed by atoms with E-state index in [0.29, 0.717) is 45.2 Å². The summed E-state index contributed by atoms with van der Waals surface area (Å²) in [6.45, 7) is 4.04. The van der Waals surface area contributed by atoms with Gasteiger partial charge in [0, 0.05) is 38.9 Å². The number of nitrogens with zero attached hydrogens (tertiary/aromatic N) is 2. The van der Waals surface area contributed by atoms with Gasteiger partial charge in [0.1, 0.15) is 11.9 Å². The molecule has 3 amide bonds. The lowest BCUT2D eigenvalue weighted by molar-refractivity contribution is -0.138. The molecule has 1 aromatic carbocycles. The number of benzene rings is 1. The second-order valence-corrected chi connectivity index (χ2v) is 10.9. The first kappa shape index (κ1) is 30.6. The van der Waals surface area contributed by atoms with Gasteiger partial charge in [-0.2, -0.15) is 0 Å². The number of para-hydroxylation sites is 2. The molecule has 0 radical (unpaired) electrons. The number of carbonyl (C=O) groups is 3. The van der Waals surface area contributed by atoms with Gasteiger partial charge >= 0.3 is 0 Å². The maximum absolute atomic E-state index is 12.9. The van der Waals surface area contributed by atoms with E-state index in [4.69, 9.17) is 0 Å². The Hall–Kier alpha value is -2.90. The molecule has 1 aliphatic rings. The Bertz CT molecular complexity index is 988. The topological polar surface area (TPSA) is 107 Å². The summed E-state index contributed by atoms with van der Waals surface area (Å²) in [5.74, 6) is 0.703. The van der Waals surface area contributed by atoms with Gasteiger partial charge in [0.25, 0.3) is 0 Å². The number of likely N-dealkylation sites (tertiary alicyclic amines) is 1. The molecule has 1 aromatic heterocycles. The largest absolute Gasteiger partial charge is 0.356 e. The van der Waals surface area contributed by atoms with E-state index in [2.05, 4.69) is 27.5 Å². The molecule has 0 unspecified atom stereocenters. The summed E-state index contributed by atoms with van der Waals surface area (Å²) in [4.78, 5) is 47.2. The van der Waals surface area contributed by atoms with E-state index in [1.165, 1.54) is 57.8 Å². The lowest BCUT2D eigenvalue weighted by Crippen LogP contribution is -2.46. The number of H-pyrrole nitrogens is 1. The van der Waals surface area contributed by atoms with Crippen molar-refractivity contribution in [1.82, 2.24) is 25.5 Å². The highest BCUT2D eigenvalue weighted by Crippen LogP contribution is 2.20. The van der Waals surface area contributed by atoms with E-state index in [0.717, 1.165) is 36.2 Å². The summed E-state index contributed by atoms with van der Waals surface area (Å²) in [5.41, 5.74) is 1.86. The molecule has 2 aromatic rings. The maximum Gasteiger partial charge on any atom is 0.242 e. The third kappa shape index (κ3) is 11.0. The molecule has 8 heteroatoms. The Balaban J connectivity index is 1.21. The Morgan fingerprint density at radius 1 is 0.897 bits per heavy atom. The molecule has 0 bridgehead atoms. The van der Waals surface area contributed by atoms with Crippen molar-refractivity contribution in [1.29, 1.82) is 0 Å². The van der Waals surface area contributed by atoms with Crippen LogP contribution >= 0.6 is 0 Å². The minimum atomic E-state index is -0.418. The van der Waals surface area contributed by atoms with Crippen LogP contribution in [0.4, 0.5) is 0 Å². The number of rotatable bonds is 19. The number of hydrogen-bond acceptors (Lipinski definition) is 4. The molecule has 0 spiro atoms. The van der Waals surface area contributed by atoms with Crippen molar-refractivity contribution >= 4 is 28.8 Å². The normalized spacial score (nSPS) is 15.1. The standard InChI is InChI=1S/C31H49N5O3/c1-2-3-4-5-6-7-8-9-10-13-22-32-29(37)19-14-23-33-31(39)27-18-15-24-36(27)30(38)21-20-28-34-25-16-11-12-17-26(25)35-28/h11-12,16-17,27H,2-10,13-15,18-24H2,1H3,(H,32,37)(H,33,39)(H,34,35)/t27-/m0/s1. The maximum atomic E-state index is 12.9. The number of aromatic amines is 1. The first-order chi connectivity index (χ1) is 19.1. The van der Waals surface area contributed by atoms with Crippen LogP contribution in [0.25, 0.3) is 11.0 Å². The van der Waals surface area contributed by atoms with Crippen molar-refractivity contribution in [2.24, 2.45) is 0 Å². The van der Waals surface area contributed by atoms with Crippen LogP contribution in [0.1, 0.15) is 109 Å². The predicted octanol–water partition coefficient (Wildman–Crippen LogP) is 5.42. The molecule has 1 fully saturated rings. The summed E-state index contributed by atoms with van der Waals surface area (Å²) in [7, 11) is 0. The molecule has 8 nitrogen and oxygen atoms in total. The number of imidazole rings is 1. The first-order valence-electron chi connectivity index (χ1n) is 15.4. The van der Waals surface area contributed by atoms with Gasteiger partial charge in [-0.15, -0.1) is 0 Å². The van der Waals surface area contributed by atoms with E-state index >= 15 is 0 Å². The summed E-state index contributed by atoms with van der Waals surface area (Å²) in [6.07, 6.45) is 16.2. The van der Waals surface area contributed by atoms with E-state index in [-0.39, 0.29) is 17.7 Å². The highest BCUT2D eigenvalue weighted by atomic mass is 16.2. The van der Waals surface area contributed by atoms with Crippen LogP contribution in [0.2, 0.25) is 0 Å². The summed E-state index contributed by atoms with van der Waals surface area (Å²) < 4.78 is 0. The van der Waals surface area contributed by atoms with Crippen molar-refractivity contribution in [2.45, 2.75) is 116 Å². The first-order valence-corrected chi connectivity index (χ1v) is 15.4. The average molecular weight is 540 g/mol. The lowest BCUT2D eigenvalue weighted by Gasteiger charge is -2.24. The van der Waals surface area contributed by atoms with Gasteiger partial charge < -0.3 is 20.5 Å². The molecule has 0 saturated carbocycles. The van der Waals surface area contributed by atoms with Gasteiger partial charge in [0.2, 0.25) is 17.7 Å². The minimum absolute atomic E-state index is 0.0144. The highest BCUT2D eigenvalue weighted by molar-refractivity contribution is 5.88. The summed E-state index contributed by atoms with van der Waals surface area (Å²) >= 11 is 0. The molecule has 3 N–H and O–H groups in total. The zero-order valence-electron chi connectivity index (χ0n) is 23.9. The fourth-order valence-electron chi connectivity index (χ4n) is 5.34.